The second-order valence-corrected chi connectivity index (χ2v) is 6.30. The largest absolute Gasteiger partial charge is 0.387 e. The van der Waals surface area contributed by atoms with Gasteiger partial charge in [0.05, 0.1) is 12.7 Å². The van der Waals surface area contributed by atoms with Crippen molar-refractivity contribution in [3.05, 3.63) is 30.1 Å². The van der Waals surface area contributed by atoms with E-state index in [2.05, 4.69) is 9.88 Å². The van der Waals surface area contributed by atoms with E-state index in [-0.39, 0.29) is 0 Å². The third-order valence-corrected chi connectivity index (χ3v) is 4.64. The van der Waals surface area contributed by atoms with Crippen LogP contribution in [0.2, 0.25) is 0 Å². The maximum absolute atomic E-state index is 10.3. The van der Waals surface area contributed by atoms with Crippen molar-refractivity contribution in [2.24, 2.45) is 5.41 Å². The minimum Gasteiger partial charge on any atom is -0.387 e. The highest BCUT2D eigenvalue weighted by Gasteiger charge is 2.37. The summed E-state index contributed by atoms with van der Waals surface area (Å²) in [5, 5.41) is 10.3. The number of pyridine rings is 1. The van der Waals surface area contributed by atoms with E-state index < -0.39 is 6.10 Å². The SMILES string of the molecule is OC(CN1CCCC2(CCCOC2)C1)c1cccnc1. The van der Waals surface area contributed by atoms with Gasteiger partial charge in [0.15, 0.2) is 0 Å². The molecule has 0 amide bonds. The molecule has 2 unspecified atom stereocenters. The first-order valence-electron chi connectivity index (χ1n) is 7.66. The van der Waals surface area contributed by atoms with Crippen molar-refractivity contribution in [1.82, 2.24) is 9.88 Å². The Morgan fingerprint density at radius 1 is 1.40 bits per heavy atom. The Kier molecular flexibility index (Phi) is 4.34. The van der Waals surface area contributed by atoms with Gasteiger partial charge in [0, 0.05) is 43.1 Å². The number of aromatic nitrogens is 1. The molecule has 2 aliphatic rings. The Morgan fingerprint density at radius 3 is 3.05 bits per heavy atom. The predicted octanol–water partition coefficient (Wildman–Crippen LogP) is 2.01. The normalized spacial score (nSPS) is 29.4. The van der Waals surface area contributed by atoms with Gasteiger partial charge in [-0.2, -0.15) is 0 Å². The topological polar surface area (TPSA) is 45.6 Å². The van der Waals surface area contributed by atoms with Crippen LogP contribution in [0.1, 0.15) is 37.4 Å². The molecule has 2 aliphatic heterocycles. The number of aliphatic hydroxyl groups excluding tert-OH is 1. The molecule has 3 rings (SSSR count). The van der Waals surface area contributed by atoms with Crippen LogP contribution in [0, 0.1) is 5.41 Å². The Bertz CT molecular complexity index is 412. The summed E-state index contributed by atoms with van der Waals surface area (Å²) in [5.74, 6) is 0. The molecule has 2 atom stereocenters. The lowest BCUT2D eigenvalue weighted by Crippen LogP contribution is -2.48. The van der Waals surface area contributed by atoms with Crippen LogP contribution in [0.5, 0.6) is 0 Å². The standard InChI is InChI=1S/C16H24N2O2/c19-15(14-4-1-7-17-10-14)11-18-8-2-5-16(12-18)6-3-9-20-13-16/h1,4,7,10,15,19H,2-3,5-6,8-9,11-13H2. The summed E-state index contributed by atoms with van der Waals surface area (Å²) in [7, 11) is 0. The number of likely N-dealkylation sites (tertiary alicyclic amines) is 1. The van der Waals surface area contributed by atoms with Crippen LogP contribution in [0.3, 0.4) is 0 Å². The Hall–Kier alpha value is -0.970. The van der Waals surface area contributed by atoms with Crippen molar-refractivity contribution < 1.29 is 9.84 Å². The zero-order valence-corrected chi connectivity index (χ0v) is 12.0. The van der Waals surface area contributed by atoms with Crippen molar-refractivity contribution in [3.8, 4) is 0 Å². The first-order valence-corrected chi connectivity index (χ1v) is 7.66. The van der Waals surface area contributed by atoms with Gasteiger partial charge in [-0.3, -0.25) is 9.88 Å². The van der Waals surface area contributed by atoms with Gasteiger partial charge in [-0.05, 0) is 38.3 Å². The van der Waals surface area contributed by atoms with E-state index in [9.17, 15) is 5.11 Å². The molecule has 0 bridgehead atoms. The molecule has 3 heterocycles. The first kappa shape index (κ1) is 14.0. The van der Waals surface area contributed by atoms with Gasteiger partial charge in [-0.1, -0.05) is 6.07 Å². The molecule has 4 heteroatoms. The van der Waals surface area contributed by atoms with Gasteiger partial charge in [0.2, 0.25) is 0 Å². The van der Waals surface area contributed by atoms with E-state index in [1.54, 1.807) is 12.4 Å². The summed E-state index contributed by atoms with van der Waals surface area (Å²) >= 11 is 0. The second-order valence-electron chi connectivity index (χ2n) is 6.30. The lowest BCUT2D eigenvalue weighted by Gasteiger charge is -2.45. The molecule has 0 saturated carbocycles. The van der Waals surface area contributed by atoms with Crippen molar-refractivity contribution in [2.45, 2.75) is 31.8 Å². The average molecular weight is 276 g/mol. The smallest absolute Gasteiger partial charge is 0.0931 e. The number of ether oxygens (including phenoxy) is 1. The van der Waals surface area contributed by atoms with Crippen LogP contribution in [0.15, 0.2) is 24.5 Å². The van der Waals surface area contributed by atoms with E-state index in [1.807, 2.05) is 12.1 Å². The maximum atomic E-state index is 10.3. The molecule has 2 saturated heterocycles. The number of aliphatic hydroxyl groups is 1. The summed E-state index contributed by atoms with van der Waals surface area (Å²) in [4.78, 5) is 6.48. The van der Waals surface area contributed by atoms with Crippen LogP contribution in [-0.2, 0) is 4.74 Å². The number of hydrogen-bond donors (Lipinski definition) is 1. The van der Waals surface area contributed by atoms with Crippen LogP contribution in [0.25, 0.3) is 0 Å². The highest BCUT2D eigenvalue weighted by atomic mass is 16.5. The molecule has 0 radical (unpaired) electrons. The number of rotatable bonds is 3. The fraction of sp³-hybridized carbons (Fsp3) is 0.688. The van der Waals surface area contributed by atoms with Gasteiger partial charge in [0.25, 0.3) is 0 Å². The van der Waals surface area contributed by atoms with Crippen molar-refractivity contribution in [3.63, 3.8) is 0 Å². The van der Waals surface area contributed by atoms with Gasteiger partial charge in [-0.15, -0.1) is 0 Å². The molecule has 1 spiro atoms. The number of nitrogens with zero attached hydrogens (tertiary/aromatic N) is 2. The van der Waals surface area contributed by atoms with Crippen LogP contribution in [-0.4, -0.2) is 47.8 Å². The molecule has 1 aromatic heterocycles. The lowest BCUT2D eigenvalue weighted by atomic mass is 9.76. The van der Waals surface area contributed by atoms with E-state index in [1.165, 1.54) is 25.7 Å². The predicted molar refractivity (Wildman–Crippen MR) is 77.4 cm³/mol. The Balaban J connectivity index is 1.60. The summed E-state index contributed by atoms with van der Waals surface area (Å²) in [6, 6.07) is 3.83. The van der Waals surface area contributed by atoms with Crippen LogP contribution >= 0.6 is 0 Å². The number of hydrogen-bond acceptors (Lipinski definition) is 4. The molecule has 0 aromatic carbocycles. The molecule has 2 fully saturated rings. The lowest BCUT2D eigenvalue weighted by molar-refractivity contribution is -0.0557. The third-order valence-electron chi connectivity index (χ3n) is 4.64. The van der Waals surface area contributed by atoms with Crippen molar-refractivity contribution in [2.75, 3.05) is 32.8 Å². The summed E-state index contributed by atoms with van der Waals surface area (Å²) in [5.41, 5.74) is 1.25. The van der Waals surface area contributed by atoms with Crippen LogP contribution in [0.4, 0.5) is 0 Å². The van der Waals surface area contributed by atoms with Gasteiger partial charge in [0.1, 0.15) is 0 Å². The molecule has 0 aliphatic carbocycles. The quantitative estimate of drug-likeness (QED) is 0.917. The van der Waals surface area contributed by atoms with E-state index >= 15 is 0 Å². The van der Waals surface area contributed by atoms with Gasteiger partial charge in [-0.25, -0.2) is 0 Å². The highest BCUT2D eigenvalue weighted by molar-refractivity contribution is 5.12. The van der Waals surface area contributed by atoms with E-state index in [0.717, 1.165) is 31.9 Å². The fourth-order valence-corrected chi connectivity index (χ4v) is 3.62. The fourth-order valence-electron chi connectivity index (χ4n) is 3.62. The monoisotopic (exact) mass is 276 g/mol. The van der Waals surface area contributed by atoms with E-state index in [4.69, 9.17) is 4.74 Å². The summed E-state index contributed by atoms with van der Waals surface area (Å²) in [6.45, 7) is 4.66. The summed E-state index contributed by atoms with van der Waals surface area (Å²) in [6.07, 6.45) is 7.99. The van der Waals surface area contributed by atoms with Crippen molar-refractivity contribution >= 4 is 0 Å². The second kappa shape index (κ2) is 6.20. The Labute approximate surface area is 120 Å². The minimum absolute atomic E-state index is 0.338. The maximum Gasteiger partial charge on any atom is 0.0931 e. The van der Waals surface area contributed by atoms with Crippen molar-refractivity contribution in [1.29, 1.82) is 0 Å². The molecule has 4 nitrogen and oxygen atoms in total. The highest BCUT2D eigenvalue weighted by Crippen LogP contribution is 2.37. The molecular weight excluding hydrogens is 252 g/mol. The molecule has 1 aromatic rings. The third kappa shape index (κ3) is 3.19. The average Bonchev–Trinajstić information content (AvgIpc) is 2.49. The zero-order valence-electron chi connectivity index (χ0n) is 12.0. The summed E-state index contributed by atoms with van der Waals surface area (Å²) < 4.78 is 5.70. The molecular formula is C16H24N2O2. The molecule has 1 N–H and O–H groups in total. The number of piperidine rings is 1. The van der Waals surface area contributed by atoms with Crippen LogP contribution < -0.4 is 0 Å². The molecule has 110 valence electrons. The van der Waals surface area contributed by atoms with E-state index in [0.29, 0.717) is 12.0 Å². The minimum atomic E-state index is -0.441. The van der Waals surface area contributed by atoms with Gasteiger partial charge >= 0.3 is 0 Å². The van der Waals surface area contributed by atoms with Gasteiger partial charge < -0.3 is 9.84 Å². The Morgan fingerprint density at radius 2 is 2.30 bits per heavy atom. The first-order chi connectivity index (χ1) is 9.77. The number of β-amino-alcohol motifs (C(OH)–C–C–N with tert-alkyl or cyclic N) is 1. The zero-order chi connectivity index (χ0) is 13.8. The molecule has 20 heavy (non-hydrogen) atoms.